The minimum Gasteiger partial charge on any atom is -0.495 e. The number of ether oxygens (including phenoxy) is 1. The Labute approximate surface area is 123 Å². The third kappa shape index (κ3) is 5.14. The van der Waals surface area contributed by atoms with Crippen molar-refractivity contribution in [2.45, 2.75) is 19.5 Å². The Balaban J connectivity index is 2.93. The molecule has 5 nitrogen and oxygen atoms in total. The van der Waals surface area contributed by atoms with Gasteiger partial charge in [-0.15, -0.1) is 0 Å². The molecule has 0 aliphatic heterocycles. The summed E-state index contributed by atoms with van der Waals surface area (Å²) in [6.07, 6.45) is -5.28. The fourth-order valence-corrected chi connectivity index (χ4v) is 1.30. The first-order valence-corrected chi connectivity index (χ1v) is 6.11. The Morgan fingerprint density at radius 1 is 1.43 bits per heavy atom. The number of rotatable bonds is 4. The van der Waals surface area contributed by atoms with Crippen molar-refractivity contribution in [3.05, 3.63) is 23.8 Å². The van der Waals surface area contributed by atoms with Crippen molar-refractivity contribution in [3.63, 3.8) is 0 Å². The molecule has 0 bridgehead atoms. The molecule has 116 valence electrons. The first-order chi connectivity index (χ1) is 9.77. The van der Waals surface area contributed by atoms with Gasteiger partial charge < -0.3 is 4.74 Å². The van der Waals surface area contributed by atoms with Crippen molar-refractivity contribution in [2.75, 3.05) is 12.4 Å². The van der Waals surface area contributed by atoms with Crippen LogP contribution in [0.2, 0.25) is 0 Å². The van der Waals surface area contributed by atoms with Crippen LogP contribution in [0.5, 0.6) is 5.75 Å². The molecule has 1 aromatic carbocycles. The summed E-state index contributed by atoms with van der Waals surface area (Å²) in [4.78, 5) is 15.8. The second-order valence-electron chi connectivity index (χ2n) is 3.74. The van der Waals surface area contributed by atoms with Crippen LogP contribution in [-0.4, -0.2) is 18.4 Å². The molecule has 21 heavy (non-hydrogen) atoms. The van der Waals surface area contributed by atoms with E-state index in [1.807, 2.05) is 0 Å². The Morgan fingerprint density at radius 3 is 2.62 bits per heavy atom. The summed E-state index contributed by atoms with van der Waals surface area (Å²) in [7, 11) is 1.26. The average molecular weight is 325 g/mol. The topological polar surface area (TPSA) is 59.9 Å². The maximum absolute atomic E-state index is 12.6. The largest absolute Gasteiger partial charge is 0.495 e. The number of hydrogen-bond donors (Lipinski definition) is 1. The van der Waals surface area contributed by atoms with Gasteiger partial charge in [-0.2, -0.15) is 13.2 Å². The molecule has 0 unspecified atom stereocenters. The molecule has 1 N–H and O–H groups in total. The van der Waals surface area contributed by atoms with E-state index in [4.69, 9.17) is 16.3 Å². The molecule has 0 atom stereocenters. The van der Waals surface area contributed by atoms with Gasteiger partial charge in [-0.05, 0) is 18.2 Å². The fraction of sp³-hybridized carbons (Fsp3) is 0.333. The third-order valence-corrected chi connectivity index (χ3v) is 2.62. The predicted octanol–water partition coefficient (Wildman–Crippen LogP) is 4.22. The zero-order valence-corrected chi connectivity index (χ0v) is 11.9. The number of benzene rings is 1. The molecule has 0 aliphatic carbocycles. The number of anilines is 1. The van der Waals surface area contributed by atoms with Gasteiger partial charge in [-0.1, -0.05) is 23.7 Å². The van der Waals surface area contributed by atoms with E-state index in [2.05, 4.69) is 15.3 Å². The molecule has 0 saturated carbocycles. The fourth-order valence-electron chi connectivity index (χ4n) is 1.27. The van der Waals surface area contributed by atoms with Crippen LogP contribution in [0.3, 0.4) is 0 Å². The van der Waals surface area contributed by atoms with Crippen molar-refractivity contribution in [1.82, 2.24) is 0 Å². The molecule has 0 heterocycles. The van der Waals surface area contributed by atoms with Crippen LogP contribution in [0, 0.1) is 0 Å². The lowest BCUT2D eigenvalue weighted by molar-refractivity contribution is -0.137. The molecule has 1 amide bonds. The number of halogens is 4. The van der Waals surface area contributed by atoms with Gasteiger partial charge in [-0.3, -0.25) is 10.2 Å². The van der Waals surface area contributed by atoms with Crippen LogP contribution < -0.4 is 10.1 Å². The highest BCUT2D eigenvalue weighted by Crippen LogP contribution is 2.34. The molecule has 0 aromatic heterocycles. The molecule has 0 saturated heterocycles. The van der Waals surface area contributed by atoms with Crippen LogP contribution in [-0.2, 0) is 11.0 Å². The minimum atomic E-state index is -4.55. The lowest BCUT2D eigenvalue weighted by Crippen LogP contribution is -2.13. The summed E-state index contributed by atoms with van der Waals surface area (Å²) in [6.45, 7) is 1.68. The summed E-state index contributed by atoms with van der Waals surface area (Å²) in [5, 5.41) is 5.42. The van der Waals surface area contributed by atoms with E-state index in [-0.39, 0.29) is 16.6 Å². The van der Waals surface area contributed by atoms with Gasteiger partial charge in [-0.25, -0.2) is 4.79 Å². The van der Waals surface area contributed by atoms with Crippen molar-refractivity contribution in [1.29, 1.82) is 0 Å². The molecule has 1 rings (SSSR count). The van der Waals surface area contributed by atoms with E-state index in [0.717, 1.165) is 18.2 Å². The smallest absolute Gasteiger partial charge is 0.437 e. The first-order valence-electron chi connectivity index (χ1n) is 5.73. The van der Waals surface area contributed by atoms with Crippen LogP contribution in [0.15, 0.2) is 23.4 Å². The lowest BCUT2D eigenvalue weighted by Gasteiger charge is -2.12. The van der Waals surface area contributed by atoms with Gasteiger partial charge in [0.15, 0.2) is 0 Å². The van der Waals surface area contributed by atoms with Crippen molar-refractivity contribution >= 4 is 28.6 Å². The summed E-state index contributed by atoms with van der Waals surface area (Å²) in [6, 6.07) is 2.65. The Bertz CT molecular complexity index is 547. The van der Waals surface area contributed by atoms with Crippen LogP contribution >= 0.6 is 11.6 Å². The second-order valence-corrected chi connectivity index (χ2v) is 4.17. The Morgan fingerprint density at radius 2 is 2.10 bits per heavy atom. The molecular weight excluding hydrogens is 313 g/mol. The first kappa shape index (κ1) is 17.1. The standard InChI is InChI=1S/C12H12ClF3N2O3/c1-3-10(13)18-21-11(19)17-8-6-7(12(14,15)16)4-5-9(8)20-2/h4-6H,3H2,1-2H3,(H,17,19)/b18-10-. The highest BCUT2D eigenvalue weighted by Gasteiger charge is 2.31. The van der Waals surface area contributed by atoms with E-state index in [0.29, 0.717) is 6.42 Å². The number of amides is 1. The minimum absolute atomic E-state index is 0.0427. The monoisotopic (exact) mass is 324 g/mol. The summed E-state index contributed by atoms with van der Waals surface area (Å²) >= 11 is 5.53. The Hall–Kier alpha value is -1.96. The van der Waals surface area contributed by atoms with Crippen molar-refractivity contribution in [2.24, 2.45) is 5.16 Å². The highest BCUT2D eigenvalue weighted by molar-refractivity contribution is 6.65. The summed E-state index contributed by atoms with van der Waals surface area (Å²) in [5.74, 6) is 0.0468. The molecular formula is C12H12ClF3N2O3. The number of nitrogens with zero attached hydrogens (tertiary/aromatic N) is 1. The van der Waals surface area contributed by atoms with Crippen LogP contribution in [0.4, 0.5) is 23.7 Å². The van der Waals surface area contributed by atoms with E-state index < -0.39 is 17.8 Å². The maximum Gasteiger partial charge on any atom is 0.437 e. The molecule has 0 radical (unpaired) electrons. The number of nitrogens with one attached hydrogen (secondary N) is 1. The molecule has 0 spiro atoms. The number of alkyl halides is 3. The van der Waals surface area contributed by atoms with Gasteiger partial charge in [0.2, 0.25) is 0 Å². The van der Waals surface area contributed by atoms with Gasteiger partial charge in [0.25, 0.3) is 0 Å². The normalized spacial score (nSPS) is 12.0. The van der Waals surface area contributed by atoms with Gasteiger partial charge in [0, 0.05) is 6.42 Å². The van der Waals surface area contributed by atoms with Crippen LogP contribution in [0.1, 0.15) is 18.9 Å². The quantitative estimate of drug-likeness (QED) is 0.512. The van der Waals surface area contributed by atoms with E-state index in [9.17, 15) is 18.0 Å². The summed E-state index contributed by atoms with van der Waals surface area (Å²) < 4.78 is 42.7. The summed E-state index contributed by atoms with van der Waals surface area (Å²) in [5.41, 5.74) is -1.13. The number of oxime groups is 1. The highest BCUT2D eigenvalue weighted by atomic mass is 35.5. The van der Waals surface area contributed by atoms with E-state index in [1.54, 1.807) is 6.92 Å². The number of carbonyl (C=O) groups excluding carboxylic acids is 1. The number of hydrogen-bond acceptors (Lipinski definition) is 4. The molecule has 0 fully saturated rings. The average Bonchev–Trinajstić information content (AvgIpc) is 2.43. The number of carbonyl (C=O) groups is 1. The Kier molecular flexibility index (Phi) is 5.83. The zero-order valence-electron chi connectivity index (χ0n) is 11.1. The van der Waals surface area contributed by atoms with Gasteiger partial charge >= 0.3 is 12.3 Å². The molecule has 1 aromatic rings. The zero-order chi connectivity index (χ0) is 16.0. The predicted molar refractivity (Wildman–Crippen MR) is 71.7 cm³/mol. The van der Waals surface area contributed by atoms with Crippen molar-refractivity contribution in [3.8, 4) is 5.75 Å². The van der Waals surface area contributed by atoms with Crippen molar-refractivity contribution < 1.29 is 27.5 Å². The van der Waals surface area contributed by atoms with Gasteiger partial charge in [0.1, 0.15) is 10.9 Å². The maximum atomic E-state index is 12.6. The van der Waals surface area contributed by atoms with Gasteiger partial charge in [0.05, 0.1) is 18.4 Å². The SMILES string of the molecule is CC/C(Cl)=N/OC(=O)Nc1cc(C(F)(F)F)ccc1OC. The number of methoxy groups -OCH3 is 1. The van der Waals surface area contributed by atoms with Crippen LogP contribution in [0.25, 0.3) is 0 Å². The third-order valence-electron chi connectivity index (χ3n) is 2.28. The lowest BCUT2D eigenvalue weighted by atomic mass is 10.2. The van der Waals surface area contributed by atoms with E-state index >= 15 is 0 Å². The van der Waals surface area contributed by atoms with E-state index in [1.165, 1.54) is 7.11 Å². The second kappa shape index (κ2) is 7.16. The molecule has 9 heteroatoms. The molecule has 0 aliphatic rings.